The fraction of sp³-hybridized carbons (Fsp3) is 0.321. The lowest BCUT2D eigenvalue weighted by Gasteiger charge is -2.43. The maximum Gasteiger partial charge on any atom is 0.323 e. The average molecular weight is 503 g/mol. The minimum Gasteiger partial charge on any atom is -0.489 e. The molecule has 2 aliphatic carbocycles. The highest BCUT2D eigenvalue weighted by molar-refractivity contribution is 6.06. The number of non-ortho nitro benzene ring substituents is 1. The third-order valence-electron chi connectivity index (χ3n) is 7.15. The Morgan fingerprint density at radius 2 is 1.49 bits per heavy atom. The first-order chi connectivity index (χ1) is 17.8. The van der Waals surface area contributed by atoms with E-state index in [4.69, 9.17) is 4.74 Å². The van der Waals surface area contributed by atoms with E-state index < -0.39 is 16.8 Å². The van der Waals surface area contributed by atoms with E-state index >= 15 is 0 Å². The monoisotopic (exact) mass is 502 g/mol. The summed E-state index contributed by atoms with van der Waals surface area (Å²) in [4.78, 5) is 50.1. The predicted octanol–water partition coefficient (Wildman–Crippen LogP) is 4.67. The largest absolute Gasteiger partial charge is 0.489 e. The Morgan fingerprint density at radius 1 is 0.919 bits per heavy atom. The Labute approximate surface area is 213 Å². The first-order valence-electron chi connectivity index (χ1n) is 12.3. The van der Waals surface area contributed by atoms with Gasteiger partial charge in [0, 0.05) is 53.4 Å². The minimum atomic E-state index is -0.997. The number of Topliss-reactive ketones (excluding diaryl/α,β-unsaturated/α-hetero) is 2. The van der Waals surface area contributed by atoms with Gasteiger partial charge in [-0.25, -0.2) is 0 Å². The highest BCUT2D eigenvalue weighted by Crippen LogP contribution is 2.49. The molecule has 2 aromatic carbocycles. The van der Waals surface area contributed by atoms with Crippen LogP contribution in [0.2, 0.25) is 0 Å². The summed E-state index contributed by atoms with van der Waals surface area (Å²) >= 11 is 0. The lowest BCUT2D eigenvalue weighted by atomic mass is 9.71. The quantitative estimate of drug-likeness (QED) is 0.427. The summed E-state index contributed by atoms with van der Waals surface area (Å²) in [6.45, 7) is -0.0349. The van der Waals surface area contributed by atoms with Gasteiger partial charge in [-0.3, -0.25) is 24.5 Å². The molecule has 1 aliphatic heterocycles. The van der Waals surface area contributed by atoms with Gasteiger partial charge in [-0.05, 0) is 61.1 Å². The number of allylic oxidation sites excluding steroid dienone is 4. The van der Waals surface area contributed by atoms with Gasteiger partial charge in [0.25, 0.3) is 5.69 Å². The number of hydrogen-bond donors (Lipinski definition) is 1. The van der Waals surface area contributed by atoms with Crippen LogP contribution in [0.15, 0.2) is 71.1 Å². The number of rotatable bonds is 7. The number of carboxylic acid groups (broad SMARTS) is 1. The third kappa shape index (κ3) is 4.76. The molecule has 5 rings (SSSR count). The molecule has 9 heteroatoms. The SMILES string of the molecule is O=C(O)CN1C2=C(C(=O)CCC2)C(c2ccc(OCc3ccc([N+](=O)[O-])cc3)cc2)C2=C1CCCC2=O. The van der Waals surface area contributed by atoms with Gasteiger partial charge in [0.15, 0.2) is 11.6 Å². The van der Waals surface area contributed by atoms with Crippen molar-refractivity contribution in [3.05, 3.63) is 92.3 Å². The maximum atomic E-state index is 13.2. The number of carboxylic acids is 1. The number of nitro groups is 1. The molecule has 0 radical (unpaired) electrons. The Hall–Kier alpha value is -4.27. The molecule has 37 heavy (non-hydrogen) atoms. The number of benzene rings is 2. The first kappa shape index (κ1) is 24.4. The van der Waals surface area contributed by atoms with Crippen molar-refractivity contribution in [3.8, 4) is 5.75 Å². The number of ether oxygens (including phenoxy) is 1. The van der Waals surface area contributed by atoms with Crippen molar-refractivity contribution in [2.75, 3.05) is 6.54 Å². The van der Waals surface area contributed by atoms with Gasteiger partial charge in [-0.15, -0.1) is 0 Å². The summed E-state index contributed by atoms with van der Waals surface area (Å²) in [5.41, 5.74) is 4.14. The van der Waals surface area contributed by atoms with Gasteiger partial charge in [-0.1, -0.05) is 12.1 Å². The number of hydrogen-bond acceptors (Lipinski definition) is 7. The summed E-state index contributed by atoms with van der Waals surface area (Å²) in [6, 6.07) is 13.4. The summed E-state index contributed by atoms with van der Waals surface area (Å²) in [6.07, 6.45) is 3.28. The molecular formula is C28H26N2O7. The number of nitrogens with zero attached hydrogens (tertiary/aromatic N) is 2. The highest BCUT2D eigenvalue weighted by atomic mass is 16.6. The van der Waals surface area contributed by atoms with E-state index in [0.717, 1.165) is 22.5 Å². The van der Waals surface area contributed by atoms with Crippen LogP contribution in [0.3, 0.4) is 0 Å². The lowest BCUT2D eigenvalue weighted by molar-refractivity contribution is -0.384. The van der Waals surface area contributed by atoms with E-state index in [0.29, 0.717) is 55.4 Å². The standard InChI is InChI=1S/C28H26N2O7/c31-23-5-1-3-21-27(23)26(28-22(4-2-6-24(28)32)29(21)15-25(33)34)18-9-13-20(14-10-18)37-16-17-7-11-19(12-8-17)30(35)36/h7-14,26H,1-6,15-16H2,(H,33,34). The van der Waals surface area contributed by atoms with Crippen LogP contribution in [0.1, 0.15) is 55.6 Å². The molecule has 0 saturated heterocycles. The molecule has 0 bridgehead atoms. The van der Waals surface area contributed by atoms with Crippen LogP contribution in [0, 0.1) is 10.1 Å². The summed E-state index contributed by atoms with van der Waals surface area (Å²) in [7, 11) is 0. The maximum absolute atomic E-state index is 13.2. The minimum absolute atomic E-state index is 0.0133. The number of nitro benzene ring substituents is 1. The van der Waals surface area contributed by atoms with E-state index in [1.807, 2.05) is 12.1 Å². The molecule has 1 heterocycles. The molecule has 0 spiro atoms. The molecule has 9 nitrogen and oxygen atoms in total. The summed E-state index contributed by atoms with van der Waals surface area (Å²) in [5, 5.41) is 20.4. The third-order valence-corrected chi connectivity index (χ3v) is 7.15. The van der Waals surface area contributed by atoms with Crippen LogP contribution in [-0.4, -0.2) is 39.0 Å². The molecule has 0 amide bonds. The van der Waals surface area contributed by atoms with E-state index in [-0.39, 0.29) is 30.4 Å². The Bertz CT molecular complexity index is 1300. The fourth-order valence-electron chi connectivity index (χ4n) is 5.51. The molecule has 0 fully saturated rings. The molecular weight excluding hydrogens is 476 g/mol. The smallest absolute Gasteiger partial charge is 0.323 e. The van der Waals surface area contributed by atoms with Crippen molar-refractivity contribution in [1.82, 2.24) is 4.90 Å². The zero-order valence-corrected chi connectivity index (χ0v) is 20.1. The van der Waals surface area contributed by atoms with Gasteiger partial charge in [-0.2, -0.15) is 0 Å². The lowest BCUT2D eigenvalue weighted by Crippen LogP contribution is -2.41. The van der Waals surface area contributed by atoms with Crippen LogP contribution >= 0.6 is 0 Å². The van der Waals surface area contributed by atoms with Crippen molar-refractivity contribution in [3.63, 3.8) is 0 Å². The molecule has 0 unspecified atom stereocenters. The van der Waals surface area contributed by atoms with E-state index in [9.17, 15) is 29.6 Å². The zero-order chi connectivity index (χ0) is 26.1. The van der Waals surface area contributed by atoms with Crippen molar-refractivity contribution in [2.45, 2.75) is 51.0 Å². The molecule has 190 valence electrons. The molecule has 3 aliphatic rings. The van der Waals surface area contributed by atoms with E-state index in [2.05, 4.69) is 0 Å². The van der Waals surface area contributed by atoms with Gasteiger partial charge >= 0.3 is 5.97 Å². The predicted molar refractivity (Wildman–Crippen MR) is 133 cm³/mol. The van der Waals surface area contributed by atoms with Crippen LogP contribution in [-0.2, 0) is 21.0 Å². The van der Waals surface area contributed by atoms with Crippen LogP contribution in [0.4, 0.5) is 5.69 Å². The van der Waals surface area contributed by atoms with Crippen LogP contribution < -0.4 is 4.74 Å². The second kappa shape index (κ2) is 10.0. The van der Waals surface area contributed by atoms with E-state index in [1.165, 1.54) is 12.1 Å². The van der Waals surface area contributed by atoms with Gasteiger partial charge in [0.05, 0.1) is 4.92 Å². The highest BCUT2D eigenvalue weighted by Gasteiger charge is 2.43. The molecule has 1 N–H and O–H groups in total. The van der Waals surface area contributed by atoms with Gasteiger partial charge < -0.3 is 14.7 Å². The normalized spacial score (nSPS) is 18.0. The average Bonchev–Trinajstić information content (AvgIpc) is 2.88. The van der Waals surface area contributed by atoms with E-state index in [1.54, 1.807) is 29.2 Å². The Morgan fingerprint density at radius 3 is 2.00 bits per heavy atom. The Kier molecular flexibility index (Phi) is 6.60. The van der Waals surface area contributed by atoms with Crippen LogP contribution in [0.5, 0.6) is 5.75 Å². The zero-order valence-electron chi connectivity index (χ0n) is 20.1. The number of aliphatic carboxylic acids is 1. The summed E-state index contributed by atoms with van der Waals surface area (Å²) in [5.74, 6) is -1.00. The van der Waals surface area contributed by atoms with Crippen molar-refractivity contribution in [1.29, 1.82) is 0 Å². The number of ketones is 2. The summed E-state index contributed by atoms with van der Waals surface area (Å²) < 4.78 is 5.85. The molecule has 2 aromatic rings. The number of carbonyl (C=O) groups excluding carboxylic acids is 2. The van der Waals surface area contributed by atoms with Crippen molar-refractivity contribution < 1.29 is 29.2 Å². The molecule has 0 saturated carbocycles. The number of carbonyl (C=O) groups is 3. The second-order valence-corrected chi connectivity index (χ2v) is 9.47. The van der Waals surface area contributed by atoms with Gasteiger partial charge in [0.2, 0.25) is 0 Å². The van der Waals surface area contributed by atoms with Crippen molar-refractivity contribution >= 4 is 23.2 Å². The van der Waals surface area contributed by atoms with Gasteiger partial charge in [0.1, 0.15) is 18.9 Å². The Balaban J connectivity index is 1.45. The fourth-order valence-corrected chi connectivity index (χ4v) is 5.51. The topological polar surface area (TPSA) is 127 Å². The first-order valence-corrected chi connectivity index (χ1v) is 12.3. The second-order valence-electron chi connectivity index (χ2n) is 9.47. The van der Waals surface area contributed by atoms with Crippen LogP contribution in [0.25, 0.3) is 0 Å². The van der Waals surface area contributed by atoms with Crippen molar-refractivity contribution in [2.24, 2.45) is 0 Å². The molecule has 0 atom stereocenters. The molecule has 0 aromatic heterocycles.